The Hall–Kier alpha value is -1.25. The lowest BCUT2D eigenvalue weighted by atomic mass is 10.1. The number of nitrogens with one attached hydrogen (secondary N) is 1. The summed E-state index contributed by atoms with van der Waals surface area (Å²) >= 11 is 0. The molecule has 0 atom stereocenters. The van der Waals surface area contributed by atoms with Crippen LogP contribution in [-0.4, -0.2) is 50.8 Å². The first-order valence-electron chi connectivity index (χ1n) is 5.30. The quantitative estimate of drug-likeness (QED) is 0.537. The highest BCUT2D eigenvalue weighted by Crippen LogP contribution is 2.54. The Morgan fingerprint density at radius 3 is 1.74 bits per heavy atom. The molecule has 0 fully saturated rings. The van der Waals surface area contributed by atoms with Gasteiger partial charge in [-0.1, -0.05) is 0 Å². The molecule has 138 valence electrons. The third-order valence-corrected chi connectivity index (χ3v) is 3.62. The maximum absolute atomic E-state index is 13.1. The van der Waals surface area contributed by atoms with Crippen molar-refractivity contribution in [1.82, 2.24) is 4.72 Å². The lowest BCUT2D eigenvalue weighted by molar-refractivity contribution is -0.382. The second-order valence-corrected chi connectivity index (χ2v) is 5.60. The monoisotopic (exact) mass is 385 g/mol. The molecule has 0 aromatic rings. The fourth-order valence-corrected chi connectivity index (χ4v) is 1.94. The fraction of sp³-hybridized carbons (Fsp3) is 0.875. The number of rotatable bonds is 7. The maximum atomic E-state index is 13.1. The molecule has 15 heteroatoms. The molecule has 5 nitrogen and oxygen atoms in total. The van der Waals surface area contributed by atoms with E-state index in [9.17, 15) is 52.7 Å². The second-order valence-electron chi connectivity index (χ2n) is 3.79. The van der Waals surface area contributed by atoms with Gasteiger partial charge in [0.05, 0.1) is 6.61 Å². The molecule has 0 heterocycles. The van der Waals surface area contributed by atoms with Gasteiger partial charge < -0.3 is 4.74 Å². The average Bonchev–Trinajstić information content (AvgIpc) is 2.34. The molecule has 0 saturated carbocycles. The van der Waals surface area contributed by atoms with Crippen LogP contribution < -0.4 is 4.72 Å². The highest BCUT2D eigenvalue weighted by molar-refractivity contribution is 7.90. The molecule has 0 rings (SSSR count). The third-order valence-electron chi connectivity index (χ3n) is 2.17. The molecule has 0 spiro atoms. The first-order valence-corrected chi connectivity index (χ1v) is 6.79. The SMILES string of the molecule is CCOC(=O)CNS(=O)(=O)C(F)(F)C(F)(F)C(F)(F)C(F)(F)F. The lowest BCUT2D eigenvalue weighted by Gasteiger charge is -2.32. The van der Waals surface area contributed by atoms with Crippen molar-refractivity contribution in [3.05, 3.63) is 0 Å². The van der Waals surface area contributed by atoms with E-state index >= 15 is 0 Å². The van der Waals surface area contributed by atoms with Gasteiger partial charge in [0, 0.05) is 0 Å². The molecule has 0 radical (unpaired) electrons. The molecule has 0 bridgehead atoms. The number of carbonyl (C=O) groups excluding carboxylic acids is 1. The van der Waals surface area contributed by atoms with Crippen LogP contribution in [0.25, 0.3) is 0 Å². The molecule has 0 unspecified atom stereocenters. The number of hydrogen-bond acceptors (Lipinski definition) is 4. The minimum absolute atomic E-state index is 0.376. The van der Waals surface area contributed by atoms with Crippen LogP contribution >= 0.6 is 0 Å². The number of sulfonamides is 1. The minimum Gasteiger partial charge on any atom is -0.465 e. The van der Waals surface area contributed by atoms with Crippen molar-refractivity contribution in [3.8, 4) is 0 Å². The van der Waals surface area contributed by atoms with Crippen LogP contribution in [-0.2, 0) is 19.6 Å². The van der Waals surface area contributed by atoms with Crippen LogP contribution in [0.15, 0.2) is 0 Å². The van der Waals surface area contributed by atoms with Gasteiger partial charge in [-0.3, -0.25) is 4.79 Å². The van der Waals surface area contributed by atoms with Gasteiger partial charge in [-0.05, 0) is 6.92 Å². The molecule has 0 aromatic heterocycles. The van der Waals surface area contributed by atoms with Crippen LogP contribution in [0.2, 0.25) is 0 Å². The zero-order valence-electron chi connectivity index (χ0n) is 10.9. The minimum atomic E-state index is -7.36. The van der Waals surface area contributed by atoms with Crippen LogP contribution in [0.4, 0.5) is 39.5 Å². The van der Waals surface area contributed by atoms with E-state index in [0.29, 0.717) is 4.72 Å². The van der Waals surface area contributed by atoms with Gasteiger partial charge in [0.1, 0.15) is 6.54 Å². The Kier molecular flexibility index (Phi) is 5.99. The van der Waals surface area contributed by atoms with Crippen LogP contribution in [0, 0.1) is 0 Å². The van der Waals surface area contributed by atoms with E-state index in [1.54, 1.807) is 0 Å². The largest absolute Gasteiger partial charge is 0.465 e. The third kappa shape index (κ3) is 3.81. The average molecular weight is 385 g/mol. The molecule has 0 aliphatic heterocycles. The number of alkyl halides is 9. The summed E-state index contributed by atoms with van der Waals surface area (Å²) in [5.74, 6) is -16.3. The molecular weight excluding hydrogens is 377 g/mol. The highest BCUT2D eigenvalue weighted by Gasteiger charge is 2.85. The fourth-order valence-electron chi connectivity index (χ4n) is 0.986. The Balaban J connectivity index is 5.64. The maximum Gasteiger partial charge on any atom is 0.460 e. The summed E-state index contributed by atoms with van der Waals surface area (Å²) in [7, 11) is -6.79. The molecular formula is C8H8F9NO4S. The van der Waals surface area contributed by atoms with Crippen LogP contribution in [0.3, 0.4) is 0 Å². The van der Waals surface area contributed by atoms with Gasteiger partial charge in [-0.2, -0.15) is 44.2 Å². The molecule has 1 N–H and O–H groups in total. The van der Waals surface area contributed by atoms with Gasteiger partial charge in [0.25, 0.3) is 10.0 Å². The van der Waals surface area contributed by atoms with E-state index in [1.807, 2.05) is 0 Å². The van der Waals surface area contributed by atoms with Crippen molar-refractivity contribution < 1.29 is 57.5 Å². The Bertz CT molecular complexity index is 542. The zero-order valence-corrected chi connectivity index (χ0v) is 11.7. The summed E-state index contributed by atoms with van der Waals surface area (Å²) in [6.07, 6.45) is -7.16. The summed E-state index contributed by atoms with van der Waals surface area (Å²) in [5, 5.41) is -6.88. The first kappa shape index (κ1) is 21.8. The van der Waals surface area contributed by atoms with Gasteiger partial charge >= 0.3 is 29.2 Å². The topological polar surface area (TPSA) is 72.5 Å². The van der Waals surface area contributed by atoms with Crippen molar-refractivity contribution in [2.75, 3.05) is 13.2 Å². The summed E-state index contributed by atoms with van der Waals surface area (Å²) < 4.78 is 139. The van der Waals surface area contributed by atoms with Gasteiger partial charge in [-0.15, -0.1) is 0 Å². The standard InChI is InChI=1S/C8H8F9NO4S/c1-2-22-4(19)3-18-23(20,21)8(16,17)6(11,12)5(9,10)7(13,14)15/h18H,2-3H2,1H3. The number of ether oxygens (including phenoxy) is 1. The second kappa shape index (κ2) is 6.33. The molecule has 0 aromatic carbocycles. The number of esters is 1. The summed E-state index contributed by atoms with van der Waals surface area (Å²) in [5.41, 5.74) is 0. The molecule has 0 amide bonds. The van der Waals surface area contributed by atoms with Crippen LogP contribution in [0.5, 0.6) is 0 Å². The van der Waals surface area contributed by atoms with Gasteiger partial charge in [0.15, 0.2) is 0 Å². The summed E-state index contributed by atoms with van der Waals surface area (Å²) in [4.78, 5) is 10.7. The number of carbonyl (C=O) groups is 1. The van der Waals surface area contributed by atoms with E-state index < -0.39 is 45.8 Å². The van der Waals surface area contributed by atoms with E-state index in [2.05, 4.69) is 4.74 Å². The molecule has 0 saturated heterocycles. The van der Waals surface area contributed by atoms with Crippen molar-refractivity contribution >= 4 is 16.0 Å². The zero-order chi connectivity index (χ0) is 18.9. The smallest absolute Gasteiger partial charge is 0.460 e. The van der Waals surface area contributed by atoms with E-state index in [-0.39, 0.29) is 6.61 Å². The van der Waals surface area contributed by atoms with Crippen LogP contribution in [0.1, 0.15) is 6.92 Å². The van der Waals surface area contributed by atoms with E-state index in [1.165, 1.54) is 6.92 Å². The number of hydrogen-bond donors (Lipinski definition) is 1. The first-order chi connectivity index (χ1) is 9.95. The van der Waals surface area contributed by atoms with Crippen molar-refractivity contribution in [3.63, 3.8) is 0 Å². The predicted octanol–water partition coefficient (Wildman–Crippen LogP) is 1.89. The lowest BCUT2D eigenvalue weighted by Crippen LogP contribution is -2.65. The van der Waals surface area contributed by atoms with Gasteiger partial charge in [0.2, 0.25) is 0 Å². The Labute approximate surface area is 122 Å². The van der Waals surface area contributed by atoms with Crippen molar-refractivity contribution in [1.29, 1.82) is 0 Å². The molecule has 0 aliphatic carbocycles. The predicted molar refractivity (Wildman–Crippen MR) is 54.5 cm³/mol. The van der Waals surface area contributed by atoms with Crippen molar-refractivity contribution in [2.45, 2.75) is 30.2 Å². The number of halogens is 9. The Morgan fingerprint density at radius 1 is 0.957 bits per heavy atom. The normalized spacial score (nSPS) is 14.7. The summed E-state index contributed by atoms with van der Waals surface area (Å²) in [6, 6.07) is 0. The highest BCUT2D eigenvalue weighted by atomic mass is 32.2. The van der Waals surface area contributed by atoms with E-state index in [4.69, 9.17) is 0 Å². The molecule has 0 aliphatic rings. The van der Waals surface area contributed by atoms with E-state index in [0.717, 1.165) is 0 Å². The Morgan fingerprint density at radius 2 is 1.39 bits per heavy atom. The van der Waals surface area contributed by atoms with Gasteiger partial charge in [-0.25, -0.2) is 8.42 Å². The summed E-state index contributed by atoms with van der Waals surface area (Å²) in [6.45, 7) is -0.863. The molecule has 23 heavy (non-hydrogen) atoms. The van der Waals surface area contributed by atoms with Crippen molar-refractivity contribution in [2.24, 2.45) is 0 Å².